The summed E-state index contributed by atoms with van der Waals surface area (Å²) >= 11 is 0. The van der Waals surface area contributed by atoms with E-state index in [0.717, 1.165) is 5.56 Å². The Morgan fingerprint density at radius 1 is 1.03 bits per heavy atom. The first kappa shape index (κ1) is 20.6. The number of ether oxygens (including phenoxy) is 1. The third-order valence-corrected chi connectivity index (χ3v) is 5.22. The SMILES string of the molecule is CC(CN1C(=O)c2ccccc2C1C(=O)NCc1ccccc1)Oc1ccc(F)cc1. The average molecular weight is 418 g/mol. The number of halogens is 1. The highest BCUT2D eigenvalue weighted by atomic mass is 19.1. The molecule has 0 bridgehead atoms. The van der Waals surface area contributed by atoms with Crippen LogP contribution in [0.2, 0.25) is 0 Å². The van der Waals surface area contributed by atoms with Gasteiger partial charge in [0, 0.05) is 12.1 Å². The quantitative estimate of drug-likeness (QED) is 0.628. The third kappa shape index (κ3) is 4.58. The molecule has 1 aliphatic rings. The summed E-state index contributed by atoms with van der Waals surface area (Å²) in [6.45, 7) is 2.41. The van der Waals surface area contributed by atoms with E-state index < -0.39 is 12.1 Å². The Balaban J connectivity index is 1.51. The molecule has 31 heavy (non-hydrogen) atoms. The summed E-state index contributed by atoms with van der Waals surface area (Å²) in [5, 5.41) is 2.95. The summed E-state index contributed by atoms with van der Waals surface area (Å²) < 4.78 is 19.0. The maximum atomic E-state index is 13.1. The van der Waals surface area contributed by atoms with E-state index in [1.807, 2.05) is 49.4 Å². The molecule has 0 aliphatic carbocycles. The standard InChI is InChI=1S/C25H23FN2O3/c1-17(31-20-13-11-19(26)12-14-20)16-28-23(21-9-5-6-10-22(21)25(28)30)24(29)27-15-18-7-3-2-4-8-18/h2-14,17,23H,15-16H2,1H3,(H,27,29). The van der Waals surface area contributed by atoms with Crippen LogP contribution in [0.25, 0.3) is 0 Å². The number of nitrogens with zero attached hydrogens (tertiary/aromatic N) is 1. The van der Waals surface area contributed by atoms with Gasteiger partial charge in [0.1, 0.15) is 23.7 Å². The Labute approximate surface area is 180 Å². The van der Waals surface area contributed by atoms with Gasteiger partial charge in [0.2, 0.25) is 5.91 Å². The number of carbonyl (C=O) groups is 2. The topological polar surface area (TPSA) is 58.6 Å². The molecular weight excluding hydrogens is 395 g/mol. The number of carbonyl (C=O) groups excluding carboxylic acids is 2. The second-order valence-corrected chi connectivity index (χ2v) is 7.53. The fourth-order valence-electron chi connectivity index (χ4n) is 3.78. The lowest BCUT2D eigenvalue weighted by Gasteiger charge is -2.27. The van der Waals surface area contributed by atoms with Crippen molar-refractivity contribution in [2.75, 3.05) is 6.54 Å². The van der Waals surface area contributed by atoms with Gasteiger partial charge in [-0.3, -0.25) is 9.59 Å². The number of fused-ring (bicyclic) bond motifs is 1. The lowest BCUT2D eigenvalue weighted by Crippen LogP contribution is -2.43. The first-order chi connectivity index (χ1) is 15.0. The molecule has 2 amide bonds. The average Bonchev–Trinajstić information content (AvgIpc) is 3.06. The van der Waals surface area contributed by atoms with Gasteiger partial charge in [0.05, 0.1) is 6.54 Å². The van der Waals surface area contributed by atoms with E-state index in [9.17, 15) is 14.0 Å². The van der Waals surface area contributed by atoms with Crippen molar-refractivity contribution >= 4 is 11.8 Å². The maximum absolute atomic E-state index is 13.1. The molecular formula is C25H23FN2O3. The molecule has 4 rings (SSSR count). The Bertz CT molecular complexity index is 1070. The van der Waals surface area contributed by atoms with Crippen LogP contribution >= 0.6 is 0 Å². The van der Waals surface area contributed by atoms with Gasteiger partial charge in [-0.15, -0.1) is 0 Å². The second kappa shape index (κ2) is 9.00. The lowest BCUT2D eigenvalue weighted by molar-refractivity contribution is -0.126. The summed E-state index contributed by atoms with van der Waals surface area (Å²) in [4.78, 5) is 27.7. The van der Waals surface area contributed by atoms with Crippen molar-refractivity contribution in [2.24, 2.45) is 0 Å². The summed E-state index contributed by atoms with van der Waals surface area (Å²) in [5.74, 6) is -0.287. The zero-order valence-electron chi connectivity index (χ0n) is 17.1. The van der Waals surface area contributed by atoms with Crippen LogP contribution in [0.1, 0.15) is 34.5 Å². The minimum Gasteiger partial charge on any atom is -0.489 e. The van der Waals surface area contributed by atoms with E-state index >= 15 is 0 Å². The van der Waals surface area contributed by atoms with Crippen LogP contribution < -0.4 is 10.1 Å². The van der Waals surface area contributed by atoms with Gasteiger partial charge < -0.3 is 15.0 Å². The fourth-order valence-corrected chi connectivity index (χ4v) is 3.78. The van der Waals surface area contributed by atoms with Crippen LogP contribution in [0.4, 0.5) is 4.39 Å². The first-order valence-corrected chi connectivity index (χ1v) is 10.2. The zero-order valence-corrected chi connectivity index (χ0v) is 17.1. The van der Waals surface area contributed by atoms with E-state index in [0.29, 0.717) is 23.4 Å². The summed E-state index contributed by atoms with van der Waals surface area (Å²) in [6.07, 6.45) is -0.395. The van der Waals surface area contributed by atoms with Crippen LogP contribution in [-0.4, -0.2) is 29.4 Å². The van der Waals surface area contributed by atoms with Gasteiger partial charge in [0.25, 0.3) is 5.91 Å². The van der Waals surface area contributed by atoms with Crippen molar-refractivity contribution in [1.29, 1.82) is 0 Å². The van der Waals surface area contributed by atoms with Crippen molar-refractivity contribution in [3.8, 4) is 5.75 Å². The van der Waals surface area contributed by atoms with Gasteiger partial charge in [-0.2, -0.15) is 0 Å². The number of rotatable bonds is 7. The number of hydrogen-bond donors (Lipinski definition) is 1. The normalized spacial score (nSPS) is 16.0. The van der Waals surface area contributed by atoms with Crippen molar-refractivity contribution in [2.45, 2.75) is 25.6 Å². The highest BCUT2D eigenvalue weighted by molar-refractivity contribution is 6.04. The van der Waals surface area contributed by atoms with E-state index in [-0.39, 0.29) is 24.2 Å². The van der Waals surface area contributed by atoms with Gasteiger partial charge >= 0.3 is 0 Å². The minimum atomic E-state index is -0.730. The Morgan fingerprint density at radius 2 is 1.71 bits per heavy atom. The smallest absolute Gasteiger partial charge is 0.255 e. The van der Waals surface area contributed by atoms with Gasteiger partial charge in [-0.25, -0.2) is 4.39 Å². The Hall–Kier alpha value is -3.67. The molecule has 0 saturated heterocycles. The zero-order chi connectivity index (χ0) is 21.8. The van der Waals surface area contributed by atoms with Crippen molar-refractivity contribution in [1.82, 2.24) is 10.2 Å². The summed E-state index contributed by atoms with van der Waals surface area (Å²) in [5.41, 5.74) is 2.19. The van der Waals surface area contributed by atoms with Crippen LogP contribution in [0.3, 0.4) is 0 Å². The molecule has 3 aromatic rings. The van der Waals surface area contributed by atoms with Crippen LogP contribution in [0, 0.1) is 5.82 Å². The number of benzene rings is 3. The number of amides is 2. The Kier molecular flexibility index (Phi) is 5.98. The maximum Gasteiger partial charge on any atom is 0.255 e. The van der Waals surface area contributed by atoms with E-state index in [1.54, 1.807) is 17.0 Å². The molecule has 5 nitrogen and oxygen atoms in total. The van der Waals surface area contributed by atoms with Crippen LogP contribution in [-0.2, 0) is 11.3 Å². The minimum absolute atomic E-state index is 0.204. The molecule has 1 N–H and O–H groups in total. The molecule has 0 radical (unpaired) electrons. The van der Waals surface area contributed by atoms with E-state index in [1.165, 1.54) is 24.3 Å². The Morgan fingerprint density at radius 3 is 2.45 bits per heavy atom. The van der Waals surface area contributed by atoms with Crippen molar-refractivity contribution < 1.29 is 18.7 Å². The van der Waals surface area contributed by atoms with Gasteiger partial charge in [-0.05, 0) is 48.4 Å². The third-order valence-electron chi connectivity index (χ3n) is 5.22. The molecule has 158 valence electrons. The van der Waals surface area contributed by atoms with Gasteiger partial charge in [0.15, 0.2) is 0 Å². The molecule has 2 unspecified atom stereocenters. The monoisotopic (exact) mass is 418 g/mol. The highest BCUT2D eigenvalue weighted by Gasteiger charge is 2.41. The van der Waals surface area contributed by atoms with Crippen LogP contribution in [0.15, 0.2) is 78.9 Å². The molecule has 1 aliphatic heterocycles. The molecule has 0 spiro atoms. The van der Waals surface area contributed by atoms with Crippen molar-refractivity contribution in [3.63, 3.8) is 0 Å². The molecule has 6 heteroatoms. The van der Waals surface area contributed by atoms with E-state index in [2.05, 4.69) is 5.32 Å². The lowest BCUT2D eigenvalue weighted by atomic mass is 10.0. The second-order valence-electron chi connectivity index (χ2n) is 7.53. The summed E-state index contributed by atoms with van der Waals surface area (Å²) in [7, 11) is 0. The highest BCUT2D eigenvalue weighted by Crippen LogP contribution is 2.34. The molecule has 0 aromatic heterocycles. The van der Waals surface area contributed by atoms with E-state index in [4.69, 9.17) is 4.74 Å². The number of nitrogens with one attached hydrogen (secondary N) is 1. The predicted octanol–water partition coefficient (Wildman–Crippen LogP) is 4.11. The van der Waals surface area contributed by atoms with Crippen LogP contribution in [0.5, 0.6) is 5.75 Å². The largest absolute Gasteiger partial charge is 0.489 e. The molecule has 0 fully saturated rings. The predicted molar refractivity (Wildman–Crippen MR) is 115 cm³/mol. The molecule has 2 atom stereocenters. The fraction of sp³-hybridized carbons (Fsp3) is 0.200. The molecule has 3 aromatic carbocycles. The first-order valence-electron chi connectivity index (χ1n) is 10.2. The molecule has 1 heterocycles. The van der Waals surface area contributed by atoms with Crippen molar-refractivity contribution in [3.05, 3.63) is 101 Å². The van der Waals surface area contributed by atoms with Gasteiger partial charge in [-0.1, -0.05) is 48.5 Å². The number of hydrogen-bond acceptors (Lipinski definition) is 3. The summed E-state index contributed by atoms with van der Waals surface area (Å²) in [6, 6.07) is 21.8. The molecule has 0 saturated carbocycles.